The third-order valence-electron chi connectivity index (χ3n) is 2.07. The summed E-state index contributed by atoms with van der Waals surface area (Å²) in [7, 11) is 0. The van der Waals surface area contributed by atoms with E-state index in [0.717, 1.165) is 11.1 Å². The summed E-state index contributed by atoms with van der Waals surface area (Å²) in [6.45, 7) is 18.2. The zero-order valence-electron chi connectivity index (χ0n) is 9.49. The molecule has 0 heteroatoms. The molecule has 0 amide bonds. The molecule has 0 radical (unpaired) electrons. The lowest BCUT2D eigenvalue weighted by Gasteiger charge is -2.07. The normalized spacial score (nSPS) is 9.00. The summed E-state index contributed by atoms with van der Waals surface area (Å²) in [6, 6.07) is 0. The summed E-state index contributed by atoms with van der Waals surface area (Å²) in [5.41, 5.74) is 5.95. The van der Waals surface area contributed by atoms with Gasteiger partial charge in [-0.15, -0.1) is 0 Å². The second kappa shape index (κ2) is 4.86. The van der Waals surface area contributed by atoms with E-state index in [0.29, 0.717) is 0 Å². The van der Waals surface area contributed by atoms with Gasteiger partial charge >= 0.3 is 0 Å². The molecule has 0 heterocycles. The third kappa shape index (κ3) is 3.93. The van der Waals surface area contributed by atoms with E-state index in [1.54, 1.807) is 0 Å². The first-order valence-electron chi connectivity index (χ1n) is 4.53. The summed E-state index contributed by atoms with van der Waals surface area (Å²) in [5.74, 6) is 0. The molecule has 0 aromatic carbocycles. The maximum atomic E-state index is 3.94. The Morgan fingerprint density at radius 2 is 1.23 bits per heavy atom. The molecule has 0 spiro atoms. The van der Waals surface area contributed by atoms with E-state index in [1.807, 2.05) is 13.8 Å². The Kier molecular flexibility index (Phi) is 4.47. The smallest absolute Gasteiger partial charge is 0.0207 e. The van der Waals surface area contributed by atoms with Gasteiger partial charge in [0.2, 0.25) is 0 Å². The van der Waals surface area contributed by atoms with Crippen molar-refractivity contribution in [3.63, 3.8) is 0 Å². The highest BCUT2D eigenvalue weighted by atomic mass is 14.0. The van der Waals surface area contributed by atoms with E-state index in [-0.39, 0.29) is 0 Å². The van der Waals surface area contributed by atoms with Crippen molar-refractivity contribution in [1.29, 1.82) is 0 Å². The summed E-state index contributed by atoms with van der Waals surface area (Å²) < 4.78 is 0. The third-order valence-corrected chi connectivity index (χ3v) is 2.07. The van der Waals surface area contributed by atoms with Crippen LogP contribution in [0.15, 0.2) is 47.1 Å². The molecule has 0 aliphatic rings. The predicted molar refractivity (Wildman–Crippen MR) is 61.8 cm³/mol. The SMILES string of the molecule is C=C(C)C(=CC(C)=C(C)C)C(=C)C. The predicted octanol–water partition coefficient (Wildman–Crippen LogP) is 4.42. The van der Waals surface area contributed by atoms with Crippen LogP contribution >= 0.6 is 0 Å². The van der Waals surface area contributed by atoms with Gasteiger partial charge in [0.05, 0.1) is 0 Å². The number of rotatable bonds is 3. The lowest BCUT2D eigenvalue weighted by Crippen LogP contribution is -1.87. The van der Waals surface area contributed by atoms with Crippen LogP contribution in [0.2, 0.25) is 0 Å². The van der Waals surface area contributed by atoms with Gasteiger partial charge in [0, 0.05) is 0 Å². The first kappa shape index (κ1) is 12.0. The lowest BCUT2D eigenvalue weighted by molar-refractivity contribution is 1.26. The molecule has 0 aromatic heterocycles. The van der Waals surface area contributed by atoms with Crippen molar-refractivity contribution in [2.45, 2.75) is 34.6 Å². The Bertz CT molecular complexity index is 265. The van der Waals surface area contributed by atoms with Gasteiger partial charge in [0.15, 0.2) is 0 Å². The van der Waals surface area contributed by atoms with Crippen LogP contribution in [0, 0.1) is 0 Å². The second-order valence-electron chi connectivity index (χ2n) is 3.80. The highest BCUT2D eigenvalue weighted by Gasteiger charge is 1.99. The minimum absolute atomic E-state index is 1.08. The summed E-state index contributed by atoms with van der Waals surface area (Å²) in [5, 5.41) is 0. The average molecular weight is 176 g/mol. The summed E-state index contributed by atoms with van der Waals surface area (Å²) >= 11 is 0. The molecule has 72 valence electrons. The van der Waals surface area contributed by atoms with Crippen LogP contribution in [0.5, 0.6) is 0 Å². The van der Waals surface area contributed by atoms with Crippen LogP contribution in [0.25, 0.3) is 0 Å². The molecule has 0 aromatic rings. The zero-order chi connectivity index (χ0) is 10.6. The summed E-state index contributed by atoms with van der Waals surface area (Å²) in [6.07, 6.45) is 2.15. The molecular weight excluding hydrogens is 156 g/mol. The van der Waals surface area contributed by atoms with Crippen LogP contribution in [-0.4, -0.2) is 0 Å². The van der Waals surface area contributed by atoms with Crippen LogP contribution < -0.4 is 0 Å². The van der Waals surface area contributed by atoms with Crippen molar-refractivity contribution in [3.8, 4) is 0 Å². The van der Waals surface area contributed by atoms with Crippen molar-refractivity contribution < 1.29 is 0 Å². The van der Waals surface area contributed by atoms with E-state index in [1.165, 1.54) is 16.7 Å². The molecular formula is C13H20. The number of hydrogen-bond acceptors (Lipinski definition) is 0. The van der Waals surface area contributed by atoms with Gasteiger partial charge < -0.3 is 0 Å². The fourth-order valence-corrected chi connectivity index (χ4v) is 0.972. The lowest BCUT2D eigenvalue weighted by atomic mass is 9.99. The molecule has 0 fully saturated rings. The van der Waals surface area contributed by atoms with Crippen molar-refractivity contribution in [2.24, 2.45) is 0 Å². The largest absolute Gasteiger partial charge is 0.0955 e. The average Bonchev–Trinajstić information content (AvgIpc) is 1.97. The van der Waals surface area contributed by atoms with Crippen molar-refractivity contribution in [2.75, 3.05) is 0 Å². The van der Waals surface area contributed by atoms with Gasteiger partial charge in [-0.3, -0.25) is 0 Å². The fourth-order valence-electron chi connectivity index (χ4n) is 0.972. The molecule has 0 atom stereocenters. The van der Waals surface area contributed by atoms with Gasteiger partial charge in [-0.1, -0.05) is 41.5 Å². The topological polar surface area (TPSA) is 0 Å². The highest BCUT2D eigenvalue weighted by molar-refractivity contribution is 5.46. The maximum absolute atomic E-state index is 3.94. The van der Waals surface area contributed by atoms with Gasteiger partial charge in [0.1, 0.15) is 0 Å². The Hall–Kier alpha value is -1.04. The second-order valence-corrected chi connectivity index (χ2v) is 3.80. The zero-order valence-corrected chi connectivity index (χ0v) is 9.49. The van der Waals surface area contributed by atoms with Gasteiger partial charge in [0.25, 0.3) is 0 Å². The molecule has 0 saturated heterocycles. The van der Waals surface area contributed by atoms with Crippen LogP contribution in [0.1, 0.15) is 34.6 Å². The molecule has 0 saturated carbocycles. The summed E-state index contributed by atoms with van der Waals surface area (Å²) in [4.78, 5) is 0. The van der Waals surface area contributed by atoms with Crippen LogP contribution in [0.3, 0.4) is 0 Å². The maximum Gasteiger partial charge on any atom is -0.0207 e. The van der Waals surface area contributed by atoms with Crippen molar-refractivity contribution in [3.05, 3.63) is 47.1 Å². The Labute approximate surface area is 82.4 Å². The van der Waals surface area contributed by atoms with Gasteiger partial charge in [-0.2, -0.15) is 0 Å². The molecule has 0 nitrogen and oxygen atoms in total. The fraction of sp³-hybridized carbons (Fsp3) is 0.385. The van der Waals surface area contributed by atoms with E-state index in [4.69, 9.17) is 0 Å². The minimum Gasteiger partial charge on any atom is -0.0955 e. The minimum atomic E-state index is 1.08. The first-order chi connectivity index (χ1) is 5.86. The first-order valence-corrected chi connectivity index (χ1v) is 4.53. The molecule has 0 rings (SSSR count). The quantitative estimate of drug-likeness (QED) is 0.558. The monoisotopic (exact) mass is 176 g/mol. The Morgan fingerprint density at radius 3 is 1.46 bits per heavy atom. The standard InChI is InChI=1S/C13H20/c1-9(2)12(7)8-13(10(3)4)11(5)6/h8H,3,5H2,1-2,4,6-7H3. The van der Waals surface area contributed by atoms with Crippen molar-refractivity contribution >= 4 is 0 Å². The molecule has 0 unspecified atom stereocenters. The molecule has 0 aliphatic carbocycles. The van der Waals surface area contributed by atoms with E-state index >= 15 is 0 Å². The Balaban J connectivity index is 5.08. The van der Waals surface area contributed by atoms with E-state index in [9.17, 15) is 0 Å². The van der Waals surface area contributed by atoms with Crippen molar-refractivity contribution in [1.82, 2.24) is 0 Å². The van der Waals surface area contributed by atoms with Crippen LogP contribution in [-0.2, 0) is 0 Å². The van der Waals surface area contributed by atoms with Crippen LogP contribution in [0.4, 0.5) is 0 Å². The van der Waals surface area contributed by atoms with E-state index in [2.05, 4.69) is 40.0 Å². The molecule has 0 aliphatic heterocycles. The van der Waals surface area contributed by atoms with Gasteiger partial charge in [-0.25, -0.2) is 0 Å². The molecule has 0 bridgehead atoms. The highest BCUT2D eigenvalue weighted by Crippen LogP contribution is 2.19. The van der Waals surface area contributed by atoms with E-state index < -0.39 is 0 Å². The Morgan fingerprint density at radius 1 is 0.846 bits per heavy atom. The number of hydrogen-bond donors (Lipinski definition) is 0. The molecule has 0 N–H and O–H groups in total. The molecule has 13 heavy (non-hydrogen) atoms. The van der Waals surface area contributed by atoms with Gasteiger partial charge in [-0.05, 0) is 40.2 Å². The number of allylic oxidation sites excluding steroid dienone is 6.